The summed E-state index contributed by atoms with van der Waals surface area (Å²) in [6, 6.07) is 5.82. The molecule has 1 aromatic rings. The summed E-state index contributed by atoms with van der Waals surface area (Å²) in [6.45, 7) is 6.55. The van der Waals surface area contributed by atoms with Crippen molar-refractivity contribution < 1.29 is 4.79 Å². The number of nitrogens with zero attached hydrogens (tertiary/aromatic N) is 2. The highest BCUT2D eigenvalue weighted by atomic mass is 35.5. The molecule has 132 valence electrons. The molecule has 0 aliphatic carbocycles. The Morgan fingerprint density at radius 1 is 1.12 bits per heavy atom. The molecule has 5 heteroatoms. The van der Waals surface area contributed by atoms with E-state index in [9.17, 15) is 4.79 Å². The van der Waals surface area contributed by atoms with Gasteiger partial charge in [0.25, 0.3) is 0 Å². The average Bonchev–Trinajstić information content (AvgIpc) is 3.06. The SMILES string of the molecule is CC1CCCN(C(=O)Cc2ccc(Cl)c(Cl)c2)C1CN1CCCC1. The summed E-state index contributed by atoms with van der Waals surface area (Å²) in [5, 5.41) is 1.05. The first-order chi connectivity index (χ1) is 11.5. The number of piperidine rings is 1. The Morgan fingerprint density at radius 2 is 1.88 bits per heavy atom. The molecule has 3 rings (SSSR count). The predicted molar refractivity (Wildman–Crippen MR) is 99.7 cm³/mol. The molecule has 2 saturated heterocycles. The molecule has 1 aromatic carbocycles. The highest BCUT2D eigenvalue weighted by Crippen LogP contribution is 2.27. The van der Waals surface area contributed by atoms with Crippen molar-refractivity contribution in [3.63, 3.8) is 0 Å². The van der Waals surface area contributed by atoms with Crippen molar-refractivity contribution in [3.8, 4) is 0 Å². The Bertz CT molecular complexity index is 587. The molecule has 0 spiro atoms. The molecule has 0 aromatic heterocycles. The second kappa shape index (κ2) is 8.07. The average molecular weight is 369 g/mol. The van der Waals surface area contributed by atoms with E-state index in [1.54, 1.807) is 6.07 Å². The quantitative estimate of drug-likeness (QED) is 0.792. The summed E-state index contributed by atoms with van der Waals surface area (Å²) in [4.78, 5) is 17.6. The van der Waals surface area contributed by atoms with Gasteiger partial charge in [0.15, 0.2) is 0 Å². The number of hydrogen-bond donors (Lipinski definition) is 0. The number of likely N-dealkylation sites (tertiary alicyclic amines) is 2. The van der Waals surface area contributed by atoms with Crippen LogP contribution in [0.25, 0.3) is 0 Å². The van der Waals surface area contributed by atoms with E-state index in [-0.39, 0.29) is 5.91 Å². The maximum atomic E-state index is 12.9. The van der Waals surface area contributed by atoms with Crippen molar-refractivity contribution in [1.29, 1.82) is 0 Å². The molecule has 0 radical (unpaired) electrons. The monoisotopic (exact) mass is 368 g/mol. The highest BCUT2D eigenvalue weighted by molar-refractivity contribution is 6.42. The molecule has 0 bridgehead atoms. The third-order valence-corrected chi connectivity index (χ3v) is 6.16. The summed E-state index contributed by atoms with van der Waals surface area (Å²) in [5.41, 5.74) is 0.938. The molecule has 2 unspecified atom stereocenters. The summed E-state index contributed by atoms with van der Waals surface area (Å²) in [5.74, 6) is 0.779. The van der Waals surface area contributed by atoms with Crippen LogP contribution in [0.5, 0.6) is 0 Å². The van der Waals surface area contributed by atoms with E-state index in [4.69, 9.17) is 23.2 Å². The molecule has 2 aliphatic rings. The fraction of sp³-hybridized carbons (Fsp3) is 0.632. The van der Waals surface area contributed by atoms with Crippen molar-refractivity contribution in [2.45, 2.75) is 45.1 Å². The van der Waals surface area contributed by atoms with Crippen molar-refractivity contribution in [3.05, 3.63) is 33.8 Å². The third kappa shape index (κ3) is 4.25. The molecule has 1 amide bonds. The van der Waals surface area contributed by atoms with Crippen LogP contribution in [-0.2, 0) is 11.2 Å². The van der Waals surface area contributed by atoms with Crippen molar-refractivity contribution in [2.24, 2.45) is 5.92 Å². The number of benzene rings is 1. The second-order valence-corrected chi connectivity index (χ2v) is 8.02. The fourth-order valence-electron chi connectivity index (χ4n) is 3.99. The van der Waals surface area contributed by atoms with E-state index in [0.29, 0.717) is 28.4 Å². The molecular weight excluding hydrogens is 343 g/mol. The standard InChI is InChI=1S/C19H26Cl2N2O/c1-14-5-4-10-23(18(14)13-22-8-2-3-9-22)19(24)12-15-6-7-16(20)17(21)11-15/h6-7,11,14,18H,2-5,8-10,12-13H2,1H3. The van der Waals surface area contributed by atoms with E-state index in [1.165, 1.54) is 32.4 Å². The number of rotatable bonds is 4. The zero-order valence-corrected chi connectivity index (χ0v) is 15.8. The van der Waals surface area contributed by atoms with Gasteiger partial charge >= 0.3 is 0 Å². The number of carbonyl (C=O) groups excluding carboxylic acids is 1. The lowest BCUT2D eigenvalue weighted by Gasteiger charge is -2.42. The third-order valence-electron chi connectivity index (χ3n) is 5.42. The highest BCUT2D eigenvalue weighted by Gasteiger charge is 2.33. The Balaban J connectivity index is 1.68. The van der Waals surface area contributed by atoms with E-state index in [1.807, 2.05) is 12.1 Å². The lowest BCUT2D eigenvalue weighted by Crippen LogP contribution is -2.53. The van der Waals surface area contributed by atoms with Gasteiger partial charge in [-0.05, 0) is 62.4 Å². The van der Waals surface area contributed by atoms with Crippen LogP contribution in [0.3, 0.4) is 0 Å². The Kier molecular flexibility index (Phi) is 6.07. The zero-order valence-electron chi connectivity index (χ0n) is 14.3. The largest absolute Gasteiger partial charge is 0.338 e. The minimum Gasteiger partial charge on any atom is -0.338 e. The first-order valence-corrected chi connectivity index (χ1v) is 9.76. The molecule has 2 heterocycles. The summed E-state index contributed by atoms with van der Waals surface area (Å²) in [6.07, 6.45) is 5.30. The van der Waals surface area contributed by atoms with Crippen LogP contribution in [0.15, 0.2) is 18.2 Å². The number of carbonyl (C=O) groups is 1. The maximum absolute atomic E-state index is 12.9. The van der Waals surface area contributed by atoms with Crippen molar-refractivity contribution in [2.75, 3.05) is 26.2 Å². The summed E-state index contributed by atoms with van der Waals surface area (Å²) < 4.78 is 0. The Hall–Kier alpha value is -0.770. The van der Waals surface area contributed by atoms with E-state index in [0.717, 1.165) is 25.1 Å². The lowest BCUT2D eigenvalue weighted by molar-refractivity contribution is -0.136. The smallest absolute Gasteiger partial charge is 0.227 e. The topological polar surface area (TPSA) is 23.6 Å². The van der Waals surface area contributed by atoms with Gasteiger partial charge in [-0.3, -0.25) is 4.79 Å². The van der Waals surface area contributed by atoms with Crippen LogP contribution in [0, 0.1) is 5.92 Å². The molecule has 0 N–H and O–H groups in total. The van der Waals surface area contributed by atoms with Gasteiger partial charge < -0.3 is 9.80 Å². The van der Waals surface area contributed by atoms with Crippen molar-refractivity contribution in [1.82, 2.24) is 9.80 Å². The normalized spacial score (nSPS) is 25.2. The van der Waals surface area contributed by atoms with Crippen LogP contribution in [0.2, 0.25) is 10.0 Å². The maximum Gasteiger partial charge on any atom is 0.227 e. The van der Waals surface area contributed by atoms with E-state index in [2.05, 4.69) is 16.7 Å². The Labute approximate surface area is 154 Å². The van der Waals surface area contributed by atoms with Crippen LogP contribution in [0.4, 0.5) is 0 Å². The van der Waals surface area contributed by atoms with Gasteiger partial charge in [0.2, 0.25) is 5.91 Å². The molecule has 2 aliphatic heterocycles. The van der Waals surface area contributed by atoms with Crippen LogP contribution < -0.4 is 0 Å². The van der Waals surface area contributed by atoms with E-state index >= 15 is 0 Å². The van der Waals surface area contributed by atoms with Gasteiger partial charge in [0.05, 0.1) is 16.5 Å². The van der Waals surface area contributed by atoms with Gasteiger partial charge in [-0.2, -0.15) is 0 Å². The number of amides is 1. The number of hydrogen-bond acceptors (Lipinski definition) is 2. The first kappa shape index (κ1) is 18.0. The number of halogens is 2. The first-order valence-electron chi connectivity index (χ1n) is 9.00. The molecule has 2 fully saturated rings. The predicted octanol–water partition coefficient (Wildman–Crippen LogP) is 4.26. The van der Waals surface area contributed by atoms with Gasteiger partial charge in [-0.25, -0.2) is 0 Å². The Morgan fingerprint density at radius 3 is 2.58 bits per heavy atom. The summed E-state index contributed by atoms with van der Waals surface area (Å²) >= 11 is 12.1. The van der Waals surface area contributed by atoms with Crippen LogP contribution >= 0.6 is 23.2 Å². The van der Waals surface area contributed by atoms with E-state index < -0.39 is 0 Å². The van der Waals surface area contributed by atoms with Gasteiger partial charge in [0.1, 0.15) is 0 Å². The van der Waals surface area contributed by atoms with Crippen LogP contribution in [0.1, 0.15) is 38.2 Å². The molecule has 2 atom stereocenters. The van der Waals surface area contributed by atoms with Crippen molar-refractivity contribution >= 4 is 29.1 Å². The van der Waals surface area contributed by atoms with Gasteiger partial charge in [0, 0.05) is 19.1 Å². The van der Waals surface area contributed by atoms with Crippen LogP contribution in [-0.4, -0.2) is 47.9 Å². The van der Waals surface area contributed by atoms with Gasteiger partial charge in [-0.1, -0.05) is 36.2 Å². The second-order valence-electron chi connectivity index (χ2n) is 7.21. The molecule has 3 nitrogen and oxygen atoms in total. The summed E-state index contributed by atoms with van der Waals surface area (Å²) in [7, 11) is 0. The minimum absolute atomic E-state index is 0.212. The zero-order chi connectivity index (χ0) is 17.1. The fourth-order valence-corrected chi connectivity index (χ4v) is 4.31. The molecule has 24 heavy (non-hydrogen) atoms. The lowest BCUT2D eigenvalue weighted by atomic mass is 9.89. The molecule has 0 saturated carbocycles. The minimum atomic E-state index is 0.212. The molecular formula is C19H26Cl2N2O. The van der Waals surface area contributed by atoms with Gasteiger partial charge in [-0.15, -0.1) is 0 Å².